The molecule has 8 heteroatoms. The number of rotatable bonds is 3. The minimum absolute atomic E-state index is 0. The molecule has 0 aromatic rings. The maximum absolute atomic E-state index is 9.77. The Bertz CT molecular complexity index is 144. The van der Waals surface area contributed by atoms with Crippen molar-refractivity contribution in [1.29, 1.82) is 0 Å². The molecular weight excluding hydrogens is 231 g/mol. The largest absolute Gasteiger partial charge is 0 e. The number of aliphatic hydroxyl groups is 2. The Hall–Kier alpha value is 1.21. The van der Waals surface area contributed by atoms with Gasteiger partial charge in [0.2, 0.25) is 0 Å². The van der Waals surface area contributed by atoms with Crippen LogP contribution in [0.5, 0.6) is 0 Å². The molecule has 0 saturated heterocycles. The van der Waals surface area contributed by atoms with Gasteiger partial charge in [0.25, 0.3) is 0 Å². The Morgan fingerprint density at radius 2 is 1.08 bits per heavy atom. The predicted molar refractivity (Wildman–Crippen MR) is 34.4 cm³/mol. The standard InChI is InChI=1S/C4H6O6.K.Ti.H/c5-1(3(7)8)2(6)4(9)10;;;/h1-2,5-6H,(H,7,8)(H,9,10);;;. The zero-order valence-corrected chi connectivity index (χ0v) is 6.82. The number of aliphatic hydroxyl groups excluding tert-OH is 2. The van der Waals surface area contributed by atoms with E-state index in [4.69, 9.17) is 20.4 Å². The summed E-state index contributed by atoms with van der Waals surface area (Å²) >= 11 is 0. The number of carboxylic acids is 2. The van der Waals surface area contributed by atoms with Crippen LogP contribution in [0.2, 0.25) is 0 Å². The zero-order valence-electron chi connectivity index (χ0n) is 5.26. The first kappa shape index (κ1) is 18.9. The number of carbonyl (C=O) groups is 2. The summed E-state index contributed by atoms with van der Waals surface area (Å²) in [5.74, 6) is -3.54. The quantitative estimate of drug-likeness (QED) is 0.395. The Morgan fingerprint density at radius 1 is 0.917 bits per heavy atom. The van der Waals surface area contributed by atoms with E-state index in [2.05, 4.69) is 0 Å². The average Bonchev–Trinajstić information content (AvgIpc) is 1.84. The fraction of sp³-hybridized carbons (Fsp3) is 0.500. The number of hydrogen-bond donors (Lipinski definition) is 4. The molecule has 0 amide bonds. The van der Waals surface area contributed by atoms with E-state index >= 15 is 0 Å². The van der Waals surface area contributed by atoms with E-state index in [1.54, 1.807) is 0 Å². The van der Waals surface area contributed by atoms with Crippen LogP contribution in [-0.4, -0.2) is 96.0 Å². The van der Waals surface area contributed by atoms with E-state index < -0.39 is 24.1 Å². The monoisotopic (exact) mass is 238 g/mol. The third-order valence-corrected chi connectivity index (χ3v) is 0.805. The van der Waals surface area contributed by atoms with Crippen LogP contribution < -0.4 is 0 Å². The van der Waals surface area contributed by atoms with Gasteiger partial charge in [0, 0.05) is 21.7 Å². The molecule has 0 heterocycles. The Labute approximate surface area is 125 Å². The normalized spacial score (nSPS) is 13.2. The summed E-state index contributed by atoms with van der Waals surface area (Å²) in [6.07, 6.45) is -4.53. The van der Waals surface area contributed by atoms with Crippen molar-refractivity contribution in [3.8, 4) is 0 Å². The van der Waals surface area contributed by atoms with Gasteiger partial charge in [-0.25, -0.2) is 9.59 Å². The molecule has 0 aromatic heterocycles. The summed E-state index contributed by atoms with van der Waals surface area (Å²) in [5, 5.41) is 32.5. The van der Waals surface area contributed by atoms with E-state index in [1.165, 1.54) is 0 Å². The molecule has 64 valence electrons. The van der Waals surface area contributed by atoms with Crippen LogP contribution in [0.15, 0.2) is 0 Å². The van der Waals surface area contributed by atoms with Crippen LogP contribution in [-0.2, 0) is 31.3 Å². The summed E-state index contributed by atoms with van der Waals surface area (Å²) in [6.45, 7) is 0. The second-order valence-electron chi connectivity index (χ2n) is 1.57. The van der Waals surface area contributed by atoms with Crippen molar-refractivity contribution in [1.82, 2.24) is 0 Å². The van der Waals surface area contributed by atoms with Crippen LogP contribution in [0.4, 0.5) is 0 Å². The fourth-order valence-corrected chi connectivity index (χ4v) is 0.270. The third kappa shape index (κ3) is 6.70. The van der Waals surface area contributed by atoms with Crippen LogP contribution in [0, 0.1) is 0 Å². The molecule has 0 fully saturated rings. The first-order valence-corrected chi connectivity index (χ1v) is 2.28. The van der Waals surface area contributed by atoms with E-state index in [1.807, 2.05) is 0 Å². The molecule has 4 N–H and O–H groups in total. The Kier molecular flexibility index (Phi) is 13.8. The predicted octanol–water partition coefficient (Wildman–Crippen LogP) is -2.77. The fourth-order valence-electron chi connectivity index (χ4n) is 0.270. The number of aliphatic carboxylic acids is 2. The Morgan fingerprint density at radius 3 is 1.17 bits per heavy atom. The summed E-state index contributed by atoms with van der Waals surface area (Å²) < 4.78 is 0. The average molecular weight is 238 g/mol. The van der Waals surface area contributed by atoms with Crippen LogP contribution in [0.25, 0.3) is 0 Å². The summed E-state index contributed by atoms with van der Waals surface area (Å²) in [4.78, 5) is 19.5. The van der Waals surface area contributed by atoms with Crippen molar-refractivity contribution < 1.29 is 51.7 Å². The van der Waals surface area contributed by atoms with Gasteiger partial charge >= 0.3 is 63.3 Å². The van der Waals surface area contributed by atoms with E-state index in [-0.39, 0.29) is 73.1 Å². The zero-order chi connectivity index (χ0) is 8.31. The van der Waals surface area contributed by atoms with Crippen LogP contribution in [0.3, 0.4) is 0 Å². The van der Waals surface area contributed by atoms with Crippen molar-refractivity contribution in [2.45, 2.75) is 12.2 Å². The smallest absolute Gasteiger partial charge is 0 e. The molecule has 0 aliphatic carbocycles. The topological polar surface area (TPSA) is 115 Å². The summed E-state index contributed by atoms with van der Waals surface area (Å²) in [6, 6.07) is 0. The second kappa shape index (κ2) is 8.79. The van der Waals surface area contributed by atoms with Crippen molar-refractivity contribution in [2.75, 3.05) is 0 Å². The first-order valence-electron chi connectivity index (χ1n) is 2.28. The van der Waals surface area contributed by atoms with Gasteiger partial charge in [-0.05, 0) is 0 Å². The second-order valence-corrected chi connectivity index (χ2v) is 1.57. The molecule has 6 nitrogen and oxygen atoms in total. The summed E-state index contributed by atoms with van der Waals surface area (Å²) in [5.41, 5.74) is 0. The van der Waals surface area contributed by atoms with Gasteiger partial charge in [-0.2, -0.15) is 0 Å². The molecule has 0 rings (SSSR count). The van der Waals surface area contributed by atoms with Crippen molar-refractivity contribution in [3.63, 3.8) is 0 Å². The van der Waals surface area contributed by atoms with E-state index in [0.717, 1.165) is 0 Å². The van der Waals surface area contributed by atoms with Gasteiger partial charge in [0.05, 0.1) is 0 Å². The van der Waals surface area contributed by atoms with Crippen molar-refractivity contribution in [3.05, 3.63) is 0 Å². The molecular formula is C4H7KO6Ti. The molecule has 2 unspecified atom stereocenters. The van der Waals surface area contributed by atoms with Gasteiger partial charge in [-0.1, -0.05) is 0 Å². The van der Waals surface area contributed by atoms with Crippen LogP contribution >= 0.6 is 0 Å². The van der Waals surface area contributed by atoms with E-state index in [9.17, 15) is 9.59 Å². The SMILES string of the molecule is O=C(O)C(O)C(O)C(=O)O.[KH].[Ti]. The molecule has 0 radical (unpaired) electrons. The van der Waals surface area contributed by atoms with Crippen molar-refractivity contribution in [2.24, 2.45) is 0 Å². The maximum Gasteiger partial charge on any atom is 0 e. The molecule has 0 bridgehead atoms. The molecule has 2 atom stereocenters. The van der Waals surface area contributed by atoms with Gasteiger partial charge < -0.3 is 20.4 Å². The van der Waals surface area contributed by atoms with Gasteiger partial charge in [0.1, 0.15) is 0 Å². The third-order valence-electron chi connectivity index (χ3n) is 0.805. The molecule has 0 aliphatic heterocycles. The Balaban J connectivity index is -0.000000405. The van der Waals surface area contributed by atoms with Crippen LogP contribution in [0.1, 0.15) is 0 Å². The van der Waals surface area contributed by atoms with Crippen molar-refractivity contribution >= 4 is 63.3 Å². The van der Waals surface area contributed by atoms with Gasteiger partial charge in [-0.15, -0.1) is 0 Å². The minimum atomic E-state index is -2.27. The van der Waals surface area contributed by atoms with Gasteiger partial charge in [-0.3, -0.25) is 0 Å². The first-order chi connectivity index (χ1) is 4.46. The summed E-state index contributed by atoms with van der Waals surface area (Å²) in [7, 11) is 0. The number of carboxylic acid groups (broad SMARTS) is 2. The molecule has 12 heavy (non-hydrogen) atoms. The number of hydrogen-bond acceptors (Lipinski definition) is 4. The van der Waals surface area contributed by atoms with E-state index in [0.29, 0.717) is 0 Å². The molecule has 0 aromatic carbocycles. The molecule has 0 spiro atoms. The molecule has 0 saturated carbocycles. The maximum atomic E-state index is 9.77. The van der Waals surface area contributed by atoms with Gasteiger partial charge in [0.15, 0.2) is 12.2 Å². The molecule has 0 aliphatic rings. The minimum Gasteiger partial charge on any atom is 0 e.